The monoisotopic (exact) mass is 324 g/mol. The van der Waals surface area contributed by atoms with Gasteiger partial charge in [-0.2, -0.15) is 5.10 Å². The number of piperidine rings is 1. The summed E-state index contributed by atoms with van der Waals surface area (Å²) < 4.78 is 1.56. The molecule has 0 aromatic carbocycles. The Morgan fingerprint density at radius 3 is 2.73 bits per heavy atom. The van der Waals surface area contributed by atoms with Crippen LogP contribution in [0.5, 0.6) is 0 Å². The summed E-state index contributed by atoms with van der Waals surface area (Å²) in [5, 5.41) is 7.31. The van der Waals surface area contributed by atoms with Gasteiger partial charge in [0.05, 0.1) is 5.69 Å². The van der Waals surface area contributed by atoms with Gasteiger partial charge in [0.15, 0.2) is 0 Å². The molecule has 2 amide bonds. The van der Waals surface area contributed by atoms with Crippen molar-refractivity contribution in [3.8, 4) is 0 Å². The molecule has 1 atom stereocenters. The number of likely N-dealkylation sites (N-methyl/N-ethyl adjacent to an activating group) is 1. The van der Waals surface area contributed by atoms with Gasteiger partial charge in [-0.1, -0.05) is 11.6 Å². The Labute approximate surface area is 135 Å². The van der Waals surface area contributed by atoms with Crippen LogP contribution >= 0.6 is 11.6 Å². The lowest BCUT2D eigenvalue weighted by Crippen LogP contribution is -2.50. The third-order valence-electron chi connectivity index (χ3n) is 3.92. The molecule has 1 unspecified atom stereocenters. The molecule has 0 radical (unpaired) electrons. The van der Waals surface area contributed by atoms with E-state index in [0.29, 0.717) is 18.1 Å². The number of aryl methyl sites for hydroxylation is 2. The lowest BCUT2D eigenvalue weighted by Gasteiger charge is -2.33. The summed E-state index contributed by atoms with van der Waals surface area (Å²) in [5.74, 6) is -0.287. The van der Waals surface area contributed by atoms with E-state index in [2.05, 4.69) is 10.4 Å². The molecular formula is C15H21ClN4O2. The quantitative estimate of drug-likeness (QED) is 0.857. The number of halogens is 1. The van der Waals surface area contributed by atoms with Crippen LogP contribution in [0.2, 0.25) is 5.15 Å². The Morgan fingerprint density at radius 2 is 2.14 bits per heavy atom. The fourth-order valence-corrected chi connectivity index (χ4v) is 2.96. The second-order valence-corrected chi connectivity index (χ2v) is 5.76. The zero-order chi connectivity index (χ0) is 16.3. The molecule has 1 aromatic rings. The number of amides is 2. The highest BCUT2D eigenvalue weighted by Gasteiger charge is 2.30. The molecule has 2 rings (SSSR count). The minimum atomic E-state index is -0.388. The largest absolute Gasteiger partial charge is 0.357 e. The molecule has 1 fully saturated rings. The van der Waals surface area contributed by atoms with E-state index >= 15 is 0 Å². The van der Waals surface area contributed by atoms with Crippen molar-refractivity contribution in [2.45, 2.75) is 32.2 Å². The first kappa shape index (κ1) is 16.5. The smallest absolute Gasteiger partial charge is 0.247 e. The molecule has 0 saturated carbocycles. The maximum absolute atomic E-state index is 12.4. The van der Waals surface area contributed by atoms with Crippen molar-refractivity contribution in [2.75, 3.05) is 13.6 Å². The van der Waals surface area contributed by atoms with E-state index in [1.54, 1.807) is 29.8 Å². The van der Waals surface area contributed by atoms with E-state index in [4.69, 9.17) is 11.6 Å². The van der Waals surface area contributed by atoms with Crippen LogP contribution in [0.25, 0.3) is 6.08 Å². The molecule has 1 aliphatic heterocycles. The summed E-state index contributed by atoms with van der Waals surface area (Å²) in [6, 6.07) is -0.388. The third-order valence-corrected chi connectivity index (χ3v) is 4.37. The number of hydrogen-bond donors (Lipinski definition) is 1. The Kier molecular flexibility index (Phi) is 5.24. The van der Waals surface area contributed by atoms with Crippen molar-refractivity contribution < 1.29 is 9.59 Å². The van der Waals surface area contributed by atoms with Gasteiger partial charge < -0.3 is 10.2 Å². The van der Waals surface area contributed by atoms with Crippen molar-refractivity contribution in [1.82, 2.24) is 20.0 Å². The van der Waals surface area contributed by atoms with Gasteiger partial charge in [-0.3, -0.25) is 14.3 Å². The first-order chi connectivity index (χ1) is 10.5. The topological polar surface area (TPSA) is 67.2 Å². The Hall–Kier alpha value is -1.82. The van der Waals surface area contributed by atoms with Crippen LogP contribution < -0.4 is 5.32 Å². The van der Waals surface area contributed by atoms with E-state index in [0.717, 1.165) is 24.1 Å². The van der Waals surface area contributed by atoms with Crippen molar-refractivity contribution in [2.24, 2.45) is 7.05 Å². The van der Waals surface area contributed by atoms with Gasteiger partial charge in [0.2, 0.25) is 11.8 Å². The molecule has 0 spiro atoms. The normalized spacial score (nSPS) is 18.7. The summed E-state index contributed by atoms with van der Waals surface area (Å²) in [6.45, 7) is 2.44. The first-order valence-corrected chi connectivity index (χ1v) is 7.73. The molecule has 0 aliphatic carbocycles. The number of hydrogen-bond acceptors (Lipinski definition) is 3. The van der Waals surface area contributed by atoms with Crippen LogP contribution in [-0.4, -0.2) is 46.1 Å². The van der Waals surface area contributed by atoms with Gasteiger partial charge in [-0.05, 0) is 32.3 Å². The number of carbonyl (C=O) groups is 2. The van der Waals surface area contributed by atoms with Crippen molar-refractivity contribution in [3.63, 3.8) is 0 Å². The van der Waals surface area contributed by atoms with Crippen molar-refractivity contribution in [3.05, 3.63) is 22.5 Å². The van der Waals surface area contributed by atoms with E-state index < -0.39 is 0 Å². The second kappa shape index (κ2) is 6.96. The predicted octanol–water partition coefficient (Wildman–Crippen LogP) is 1.52. The zero-order valence-corrected chi connectivity index (χ0v) is 13.9. The molecular weight excluding hydrogens is 304 g/mol. The SMILES string of the molecule is CNC(=O)C1CCCCN1C(=O)/C=C/c1c(C)nn(C)c1Cl. The van der Waals surface area contributed by atoms with E-state index in [1.807, 2.05) is 6.92 Å². The number of rotatable bonds is 3. The average molecular weight is 325 g/mol. The number of nitrogens with zero attached hydrogens (tertiary/aromatic N) is 3. The number of aromatic nitrogens is 2. The Bertz CT molecular complexity index is 609. The standard InChI is InChI=1S/C15H21ClN4O2/c1-10-11(14(16)19(3)18-10)7-8-13(21)20-9-5-4-6-12(20)15(22)17-2/h7-8,12H,4-6,9H2,1-3H3,(H,17,22)/b8-7+. The highest BCUT2D eigenvalue weighted by atomic mass is 35.5. The molecule has 1 aromatic heterocycles. The van der Waals surface area contributed by atoms with Crippen LogP contribution in [0.15, 0.2) is 6.08 Å². The second-order valence-electron chi connectivity index (χ2n) is 5.40. The summed E-state index contributed by atoms with van der Waals surface area (Å²) in [4.78, 5) is 25.9. The number of nitrogens with one attached hydrogen (secondary N) is 1. The lowest BCUT2D eigenvalue weighted by molar-refractivity contribution is -0.138. The highest BCUT2D eigenvalue weighted by molar-refractivity contribution is 6.31. The highest BCUT2D eigenvalue weighted by Crippen LogP contribution is 2.21. The van der Waals surface area contributed by atoms with Crippen molar-refractivity contribution >= 4 is 29.5 Å². The van der Waals surface area contributed by atoms with E-state index in [1.165, 1.54) is 6.08 Å². The summed E-state index contributed by atoms with van der Waals surface area (Å²) in [5.41, 5.74) is 1.49. The zero-order valence-electron chi connectivity index (χ0n) is 13.1. The van der Waals surface area contributed by atoms with Gasteiger partial charge in [0.1, 0.15) is 11.2 Å². The van der Waals surface area contributed by atoms with Gasteiger partial charge >= 0.3 is 0 Å². The molecule has 7 heteroatoms. The molecule has 6 nitrogen and oxygen atoms in total. The van der Waals surface area contributed by atoms with Gasteiger partial charge in [0.25, 0.3) is 0 Å². The Morgan fingerprint density at radius 1 is 1.41 bits per heavy atom. The minimum Gasteiger partial charge on any atom is -0.357 e. The van der Waals surface area contributed by atoms with Crippen LogP contribution in [-0.2, 0) is 16.6 Å². The fourth-order valence-electron chi connectivity index (χ4n) is 2.72. The molecule has 1 saturated heterocycles. The Balaban J connectivity index is 2.16. The maximum Gasteiger partial charge on any atom is 0.247 e. The van der Waals surface area contributed by atoms with E-state index in [9.17, 15) is 9.59 Å². The predicted molar refractivity (Wildman–Crippen MR) is 85.4 cm³/mol. The summed E-state index contributed by atoms with van der Waals surface area (Å²) in [7, 11) is 3.34. The molecule has 2 heterocycles. The number of likely N-dealkylation sites (tertiary alicyclic amines) is 1. The van der Waals surface area contributed by atoms with Crippen LogP contribution in [0.3, 0.4) is 0 Å². The van der Waals surface area contributed by atoms with Gasteiger partial charge in [0, 0.05) is 32.3 Å². The van der Waals surface area contributed by atoms with Crippen LogP contribution in [0, 0.1) is 6.92 Å². The van der Waals surface area contributed by atoms with Crippen molar-refractivity contribution in [1.29, 1.82) is 0 Å². The fraction of sp³-hybridized carbons (Fsp3) is 0.533. The van der Waals surface area contributed by atoms with Crippen LogP contribution in [0.1, 0.15) is 30.5 Å². The minimum absolute atomic E-state index is 0.114. The lowest BCUT2D eigenvalue weighted by atomic mass is 10.0. The molecule has 0 bridgehead atoms. The molecule has 120 valence electrons. The van der Waals surface area contributed by atoms with E-state index in [-0.39, 0.29) is 17.9 Å². The first-order valence-electron chi connectivity index (χ1n) is 7.35. The maximum atomic E-state index is 12.4. The summed E-state index contributed by atoms with van der Waals surface area (Å²) in [6.07, 6.45) is 5.71. The average Bonchev–Trinajstić information content (AvgIpc) is 2.77. The van der Waals surface area contributed by atoms with Crippen LogP contribution in [0.4, 0.5) is 0 Å². The van der Waals surface area contributed by atoms with Gasteiger partial charge in [-0.15, -0.1) is 0 Å². The number of carbonyl (C=O) groups excluding carboxylic acids is 2. The third kappa shape index (κ3) is 3.32. The molecule has 1 aliphatic rings. The van der Waals surface area contributed by atoms with Gasteiger partial charge in [-0.25, -0.2) is 0 Å². The summed E-state index contributed by atoms with van der Waals surface area (Å²) >= 11 is 6.15. The molecule has 22 heavy (non-hydrogen) atoms. The molecule has 1 N–H and O–H groups in total.